The van der Waals surface area contributed by atoms with Crippen molar-refractivity contribution in [1.29, 1.82) is 0 Å². The Balaban J connectivity index is 2.45. The van der Waals surface area contributed by atoms with E-state index in [4.69, 9.17) is 9.47 Å². The molecule has 0 aromatic rings. The number of likely N-dealkylation sites (tertiary alicyclic amines) is 1. The molecule has 0 saturated carbocycles. The molecule has 1 rings (SSSR count). The van der Waals surface area contributed by atoms with E-state index in [1.54, 1.807) is 12.0 Å². The van der Waals surface area contributed by atoms with Gasteiger partial charge in [-0.05, 0) is 33.6 Å². The average Bonchev–Trinajstić information content (AvgIpc) is 2.37. The highest BCUT2D eigenvalue weighted by atomic mass is 16.6. The van der Waals surface area contributed by atoms with E-state index in [0.717, 1.165) is 12.8 Å². The molecule has 1 N–H and O–H groups in total. The summed E-state index contributed by atoms with van der Waals surface area (Å²) >= 11 is 0. The van der Waals surface area contributed by atoms with Gasteiger partial charge in [-0.2, -0.15) is 0 Å². The van der Waals surface area contributed by atoms with Gasteiger partial charge in [-0.15, -0.1) is 0 Å². The standard InChI is InChI=1S/C14H26N2O4/c1-14(2,3)20-13(18)16-8-5-6-11(10-16)12(17)15-7-9-19-4/h11H,5-10H2,1-4H3,(H,15,17)/t11-/m1/s1. The predicted octanol–water partition coefficient (Wildman–Crippen LogP) is 1.40. The fourth-order valence-electron chi connectivity index (χ4n) is 2.10. The van der Waals surface area contributed by atoms with E-state index < -0.39 is 5.60 Å². The molecule has 1 aliphatic rings. The third kappa shape index (κ3) is 5.77. The quantitative estimate of drug-likeness (QED) is 0.793. The summed E-state index contributed by atoms with van der Waals surface area (Å²) in [5, 5.41) is 2.82. The minimum atomic E-state index is -0.509. The van der Waals surface area contributed by atoms with Gasteiger partial charge in [-0.25, -0.2) is 4.79 Å². The maximum Gasteiger partial charge on any atom is 0.410 e. The molecule has 1 fully saturated rings. The Morgan fingerprint density at radius 1 is 1.35 bits per heavy atom. The molecule has 0 spiro atoms. The second-order valence-corrected chi connectivity index (χ2v) is 6.05. The first-order valence-electron chi connectivity index (χ1n) is 7.08. The van der Waals surface area contributed by atoms with E-state index in [9.17, 15) is 9.59 Å². The molecule has 0 aliphatic carbocycles. The van der Waals surface area contributed by atoms with Crippen LogP contribution >= 0.6 is 0 Å². The molecule has 0 aromatic heterocycles. The summed E-state index contributed by atoms with van der Waals surface area (Å²) in [5.41, 5.74) is -0.509. The smallest absolute Gasteiger partial charge is 0.410 e. The van der Waals surface area contributed by atoms with Crippen molar-refractivity contribution in [3.8, 4) is 0 Å². The minimum absolute atomic E-state index is 0.0182. The Labute approximate surface area is 120 Å². The molecule has 1 aliphatic heterocycles. The molecule has 6 nitrogen and oxygen atoms in total. The third-order valence-electron chi connectivity index (χ3n) is 3.05. The number of methoxy groups -OCH3 is 1. The summed E-state index contributed by atoms with van der Waals surface area (Å²) in [5.74, 6) is -0.177. The summed E-state index contributed by atoms with van der Waals surface area (Å²) in [4.78, 5) is 25.6. The average molecular weight is 286 g/mol. The molecular formula is C14H26N2O4. The van der Waals surface area contributed by atoms with E-state index in [1.165, 1.54) is 0 Å². The van der Waals surface area contributed by atoms with Gasteiger partial charge >= 0.3 is 6.09 Å². The minimum Gasteiger partial charge on any atom is -0.444 e. The van der Waals surface area contributed by atoms with Crippen LogP contribution in [0.2, 0.25) is 0 Å². The molecule has 6 heteroatoms. The van der Waals surface area contributed by atoms with Crippen molar-refractivity contribution in [2.75, 3.05) is 33.4 Å². The summed E-state index contributed by atoms with van der Waals surface area (Å²) < 4.78 is 10.2. The van der Waals surface area contributed by atoms with Crippen LogP contribution in [-0.2, 0) is 14.3 Å². The first kappa shape index (κ1) is 16.8. The fourth-order valence-corrected chi connectivity index (χ4v) is 2.10. The van der Waals surface area contributed by atoms with Gasteiger partial charge in [0.05, 0.1) is 12.5 Å². The molecule has 1 saturated heterocycles. The van der Waals surface area contributed by atoms with Gasteiger partial charge in [-0.1, -0.05) is 0 Å². The number of hydrogen-bond donors (Lipinski definition) is 1. The summed E-state index contributed by atoms with van der Waals surface area (Å²) in [6.07, 6.45) is 1.28. The molecule has 2 amide bonds. The molecule has 116 valence electrons. The SMILES string of the molecule is COCCNC(=O)[C@@H]1CCCN(C(=O)OC(C)(C)C)C1. The number of carbonyl (C=O) groups excluding carboxylic acids is 2. The molecular weight excluding hydrogens is 260 g/mol. The Morgan fingerprint density at radius 2 is 2.05 bits per heavy atom. The Bertz CT molecular complexity index is 339. The number of nitrogens with zero attached hydrogens (tertiary/aromatic N) is 1. The van der Waals surface area contributed by atoms with Crippen LogP contribution in [-0.4, -0.2) is 55.9 Å². The Hall–Kier alpha value is -1.30. The van der Waals surface area contributed by atoms with Crippen molar-refractivity contribution in [1.82, 2.24) is 10.2 Å². The maximum absolute atomic E-state index is 12.0. The van der Waals surface area contributed by atoms with E-state index in [2.05, 4.69) is 5.32 Å². The lowest BCUT2D eigenvalue weighted by Gasteiger charge is -2.33. The second-order valence-electron chi connectivity index (χ2n) is 6.05. The van der Waals surface area contributed by atoms with Crippen LogP contribution in [0.3, 0.4) is 0 Å². The second kappa shape index (κ2) is 7.47. The van der Waals surface area contributed by atoms with Crippen LogP contribution in [0.15, 0.2) is 0 Å². The van der Waals surface area contributed by atoms with Crippen molar-refractivity contribution in [2.45, 2.75) is 39.2 Å². The first-order chi connectivity index (χ1) is 9.33. The van der Waals surface area contributed by atoms with E-state index >= 15 is 0 Å². The molecule has 1 heterocycles. The molecule has 0 bridgehead atoms. The van der Waals surface area contributed by atoms with Crippen LogP contribution < -0.4 is 5.32 Å². The van der Waals surface area contributed by atoms with Gasteiger partial charge in [0.1, 0.15) is 5.60 Å². The van der Waals surface area contributed by atoms with Crippen molar-refractivity contribution in [3.63, 3.8) is 0 Å². The molecule has 0 unspecified atom stereocenters. The van der Waals surface area contributed by atoms with Crippen molar-refractivity contribution < 1.29 is 19.1 Å². The van der Waals surface area contributed by atoms with Gasteiger partial charge in [0.2, 0.25) is 5.91 Å². The van der Waals surface area contributed by atoms with Gasteiger partial charge in [-0.3, -0.25) is 4.79 Å². The third-order valence-corrected chi connectivity index (χ3v) is 3.05. The highest BCUT2D eigenvalue weighted by Gasteiger charge is 2.30. The number of ether oxygens (including phenoxy) is 2. The summed E-state index contributed by atoms with van der Waals surface area (Å²) in [7, 11) is 1.59. The van der Waals surface area contributed by atoms with Gasteiger partial charge in [0, 0.05) is 26.7 Å². The maximum atomic E-state index is 12.0. The molecule has 0 radical (unpaired) electrons. The fraction of sp³-hybridized carbons (Fsp3) is 0.857. The first-order valence-corrected chi connectivity index (χ1v) is 7.08. The monoisotopic (exact) mass is 286 g/mol. The van der Waals surface area contributed by atoms with Crippen LogP contribution in [0.1, 0.15) is 33.6 Å². The molecule has 0 aromatic carbocycles. The number of hydrogen-bond acceptors (Lipinski definition) is 4. The Kier molecular flexibility index (Phi) is 6.26. The topological polar surface area (TPSA) is 67.9 Å². The normalized spacial score (nSPS) is 19.6. The van der Waals surface area contributed by atoms with Crippen molar-refractivity contribution in [2.24, 2.45) is 5.92 Å². The molecule has 20 heavy (non-hydrogen) atoms. The van der Waals surface area contributed by atoms with Gasteiger partial charge in [0.15, 0.2) is 0 Å². The number of nitrogens with one attached hydrogen (secondary N) is 1. The number of amides is 2. The van der Waals surface area contributed by atoms with Crippen LogP contribution in [0, 0.1) is 5.92 Å². The summed E-state index contributed by atoms with van der Waals surface area (Å²) in [6, 6.07) is 0. The highest BCUT2D eigenvalue weighted by Crippen LogP contribution is 2.19. The van der Waals surface area contributed by atoms with Crippen LogP contribution in [0.4, 0.5) is 4.79 Å². The highest BCUT2D eigenvalue weighted by molar-refractivity contribution is 5.80. The van der Waals surface area contributed by atoms with E-state index in [0.29, 0.717) is 26.2 Å². The zero-order chi connectivity index (χ0) is 15.2. The van der Waals surface area contributed by atoms with E-state index in [-0.39, 0.29) is 17.9 Å². The summed E-state index contributed by atoms with van der Waals surface area (Å²) in [6.45, 7) is 7.58. The number of carbonyl (C=O) groups is 2. The lowest BCUT2D eigenvalue weighted by atomic mass is 9.97. The lowest BCUT2D eigenvalue weighted by Crippen LogP contribution is -2.47. The van der Waals surface area contributed by atoms with E-state index in [1.807, 2.05) is 20.8 Å². The zero-order valence-electron chi connectivity index (χ0n) is 12.9. The largest absolute Gasteiger partial charge is 0.444 e. The van der Waals surface area contributed by atoms with Crippen molar-refractivity contribution in [3.05, 3.63) is 0 Å². The van der Waals surface area contributed by atoms with Crippen LogP contribution in [0.25, 0.3) is 0 Å². The van der Waals surface area contributed by atoms with Gasteiger partial charge < -0.3 is 19.7 Å². The molecule has 1 atom stereocenters. The van der Waals surface area contributed by atoms with Crippen LogP contribution in [0.5, 0.6) is 0 Å². The Morgan fingerprint density at radius 3 is 2.65 bits per heavy atom. The van der Waals surface area contributed by atoms with Crippen molar-refractivity contribution >= 4 is 12.0 Å². The predicted molar refractivity (Wildman–Crippen MR) is 75.4 cm³/mol. The number of piperidine rings is 1. The zero-order valence-corrected chi connectivity index (χ0v) is 12.9. The lowest BCUT2D eigenvalue weighted by molar-refractivity contribution is -0.126. The number of rotatable bonds is 4. The van der Waals surface area contributed by atoms with Gasteiger partial charge in [0.25, 0.3) is 0 Å².